The zero-order valence-electron chi connectivity index (χ0n) is 31.5. The number of benzene rings is 8. The van der Waals surface area contributed by atoms with Crippen molar-refractivity contribution in [2.45, 2.75) is 0 Å². The van der Waals surface area contributed by atoms with Crippen LogP contribution < -0.4 is 15.9 Å². The molecule has 10 aromatic rings. The van der Waals surface area contributed by atoms with Crippen molar-refractivity contribution in [2.75, 3.05) is 0 Å². The molecule has 0 aliphatic rings. The molecule has 4 nitrogen and oxygen atoms in total. The Hall–Kier alpha value is -7.10. The molecule has 0 saturated carbocycles. The van der Waals surface area contributed by atoms with Gasteiger partial charge in [-0.2, -0.15) is 0 Å². The Balaban J connectivity index is 1.06. The molecule has 0 aliphatic heterocycles. The third-order valence-electron chi connectivity index (χ3n) is 10.8. The van der Waals surface area contributed by atoms with E-state index >= 15 is 0 Å². The molecule has 0 saturated heterocycles. The maximum atomic E-state index is 12.5. The van der Waals surface area contributed by atoms with Crippen LogP contribution in [0.1, 0.15) is 0 Å². The van der Waals surface area contributed by atoms with E-state index in [4.69, 9.17) is 15.0 Å². The number of para-hydroxylation sites is 1. The first kappa shape index (κ1) is 35.3. The van der Waals surface area contributed by atoms with Gasteiger partial charge in [0.1, 0.15) is 15.9 Å². The monoisotopic (exact) mass is 762 g/mol. The SMILES string of the molecule is O[P+](c1ccccc1)(c1ccccc1)c1ccc(-c2cc(-c3ccc(-c4cccc5c(-c6ccccc6)nc6ccccc6c45)cc3)nc(-c3ccccc3)n2)cc1. The highest BCUT2D eigenvalue weighted by atomic mass is 31.2. The zero-order valence-corrected chi connectivity index (χ0v) is 32.4. The van der Waals surface area contributed by atoms with Crippen LogP contribution in [0, 0.1) is 0 Å². The number of pyridine rings is 1. The summed E-state index contributed by atoms with van der Waals surface area (Å²) in [4.78, 5) is 27.9. The summed E-state index contributed by atoms with van der Waals surface area (Å²) in [5.41, 5.74) is 9.84. The summed E-state index contributed by atoms with van der Waals surface area (Å²) >= 11 is 0. The predicted octanol–water partition coefficient (Wildman–Crippen LogP) is 11.7. The topological polar surface area (TPSA) is 58.9 Å². The van der Waals surface area contributed by atoms with E-state index in [0.717, 1.165) is 82.7 Å². The standard InChI is InChI=1S/C53H37N3OP/c57-58(42-20-9-3-10-21-42,43-22-11-4-12-23-43)44-34-32-39(33-35-44)50-36-49(55-53(56-50)41-18-7-2-8-19-41)38-30-28-37(29-31-38)45-25-15-26-47-51(45)46-24-13-14-27-48(46)54-52(47)40-16-5-1-6-17-40/h1-36,57H/q+1. The average Bonchev–Trinajstić information content (AvgIpc) is 3.32. The molecule has 2 aromatic heterocycles. The quantitative estimate of drug-likeness (QED) is 0.124. The first-order valence-corrected chi connectivity index (χ1v) is 21.1. The highest BCUT2D eigenvalue weighted by Gasteiger charge is 2.44. The van der Waals surface area contributed by atoms with Crippen molar-refractivity contribution in [3.8, 4) is 56.3 Å². The lowest BCUT2D eigenvalue weighted by Gasteiger charge is -2.20. The number of aromatic nitrogens is 3. The first-order chi connectivity index (χ1) is 28.6. The van der Waals surface area contributed by atoms with Crippen LogP contribution in [-0.2, 0) is 0 Å². The van der Waals surface area contributed by atoms with Crippen LogP contribution in [0.25, 0.3) is 78.0 Å². The second-order valence-electron chi connectivity index (χ2n) is 14.3. The van der Waals surface area contributed by atoms with Gasteiger partial charge >= 0.3 is 0 Å². The Bertz CT molecular complexity index is 2990. The fourth-order valence-electron chi connectivity index (χ4n) is 7.92. The number of nitrogens with zero attached hydrogens (tertiary/aromatic N) is 3. The lowest BCUT2D eigenvalue weighted by atomic mass is 9.92. The summed E-state index contributed by atoms with van der Waals surface area (Å²) in [6.07, 6.45) is 0. The summed E-state index contributed by atoms with van der Waals surface area (Å²) in [5.74, 6) is 0.653. The van der Waals surface area contributed by atoms with Crippen molar-refractivity contribution in [3.63, 3.8) is 0 Å². The van der Waals surface area contributed by atoms with Crippen LogP contribution in [0.5, 0.6) is 0 Å². The Morgan fingerprint density at radius 1 is 0.345 bits per heavy atom. The van der Waals surface area contributed by atoms with Gasteiger partial charge < -0.3 is 0 Å². The normalized spacial score (nSPS) is 11.5. The van der Waals surface area contributed by atoms with Gasteiger partial charge in [0.2, 0.25) is 7.49 Å². The highest BCUT2D eigenvalue weighted by molar-refractivity contribution is 7.91. The molecule has 0 amide bonds. The van der Waals surface area contributed by atoms with Gasteiger partial charge in [0.05, 0.1) is 22.6 Å². The predicted molar refractivity (Wildman–Crippen MR) is 243 cm³/mol. The summed E-state index contributed by atoms with van der Waals surface area (Å²) in [6, 6.07) is 74.5. The maximum absolute atomic E-state index is 12.5. The van der Waals surface area contributed by atoms with Crippen LogP contribution >= 0.6 is 7.49 Å². The van der Waals surface area contributed by atoms with E-state index in [-0.39, 0.29) is 0 Å². The van der Waals surface area contributed by atoms with Crippen molar-refractivity contribution < 1.29 is 4.89 Å². The van der Waals surface area contributed by atoms with Crippen LogP contribution in [0.3, 0.4) is 0 Å². The van der Waals surface area contributed by atoms with Crippen molar-refractivity contribution in [1.82, 2.24) is 15.0 Å². The summed E-state index contributed by atoms with van der Waals surface area (Å²) in [6.45, 7) is 0. The van der Waals surface area contributed by atoms with Gasteiger partial charge in [-0.05, 0) is 71.8 Å². The molecule has 2 heterocycles. The van der Waals surface area contributed by atoms with Gasteiger partial charge in [-0.3, -0.25) is 0 Å². The van der Waals surface area contributed by atoms with E-state index in [2.05, 4.69) is 121 Å². The summed E-state index contributed by atoms with van der Waals surface area (Å²) < 4.78 is 0. The molecule has 0 aliphatic carbocycles. The van der Waals surface area contributed by atoms with E-state index < -0.39 is 7.49 Å². The fraction of sp³-hybridized carbons (Fsp3) is 0. The van der Waals surface area contributed by atoms with Crippen LogP contribution in [0.4, 0.5) is 0 Å². The van der Waals surface area contributed by atoms with Crippen molar-refractivity contribution in [3.05, 3.63) is 218 Å². The largest absolute Gasteiger partial charge is 0.247 e. The molecule has 58 heavy (non-hydrogen) atoms. The van der Waals surface area contributed by atoms with Gasteiger partial charge in [0.25, 0.3) is 0 Å². The molecule has 5 heteroatoms. The van der Waals surface area contributed by atoms with Gasteiger partial charge in [-0.1, -0.05) is 158 Å². The third-order valence-corrected chi connectivity index (χ3v) is 14.0. The van der Waals surface area contributed by atoms with Gasteiger partial charge in [0.15, 0.2) is 5.82 Å². The van der Waals surface area contributed by atoms with Crippen LogP contribution in [0.2, 0.25) is 0 Å². The number of hydrogen-bond acceptors (Lipinski definition) is 4. The zero-order chi connectivity index (χ0) is 38.9. The molecule has 0 bridgehead atoms. The minimum absolute atomic E-state index is 0.653. The summed E-state index contributed by atoms with van der Waals surface area (Å²) in [7, 11) is -2.87. The van der Waals surface area contributed by atoms with E-state index in [1.165, 1.54) is 5.39 Å². The number of rotatable bonds is 8. The Morgan fingerprint density at radius 2 is 0.810 bits per heavy atom. The maximum Gasteiger partial charge on any atom is 0.238 e. The summed E-state index contributed by atoms with van der Waals surface area (Å²) in [5, 5.41) is 6.15. The molecule has 0 atom stereocenters. The second kappa shape index (κ2) is 15.1. The molecule has 1 N–H and O–H groups in total. The van der Waals surface area contributed by atoms with E-state index in [9.17, 15) is 4.89 Å². The molecule has 0 radical (unpaired) electrons. The smallest absolute Gasteiger partial charge is 0.238 e. The third kappa shape index (κ3) is 6.45. The first-order valence-electron chi connectivity index (χ1n) is 19.4. The van der Waals surface area contributed by atoms with Crippen LogP contribution in [-0.4, -0.2) is 19.8 Å². The molecular formula is C53H37N3OP+. The fourth-order valence-corrected chi connectivity index (χ4v) is 10.6. The average molecular weight is 763 g/mol. The molecule has 0 fully saturated rings. The van der Waals surface area contributed by atoms with E-state index in [1.807, 2.05) is 97.1 Å². The molecule has 8 aromatic carbocycles. The van der Waals surface area contributed by atoms with Gasteiger partial charge in [-0.15, -0.1) is 0 Å². The Labute approximate surface area is 338 Å². The van der Waals surface area contributed by atoms with Crippen molar-refractivity contribution >= 4 is 45.1 Å². The highest BCUT2D eigenvalue weighted by Crippen LogP contribution is 2.51. The van der Waals surface area contributed by atoms with Gasteiger partial charge in [0, 0.05) is 38.4 Å². The lowest BCUT2D eigenvalue weighted by molar-refractivity contribution is 0.633. The van der Waals surface area contributed by atoms with Crippen LogP contribution in [0.15, 0.2) is 218 Å². The molecular weight excluding hydrogens is 726 g/mol. The Kier molecular flexibility index (Phi) is 9.20. The van der Waals surface area contributed by atoms with E-state index in [0.29, 0.717) is 5.82 Å². The molecule has 274 valence electrons. The molecule has 0 spiro atoms. The lowest BCUT2D eigenvalue weighted by Crippen LogP contribution is -2.30. The van der Waals surface area contributed by atoms with E-state index in [1.54, 1.807) is 0 Å². The molecule has 10 rings (SSSR count). The number of fused-ring (bicyclic) bond motifs is 3. The van der Waals surface area contributed by atoms with Gasteiger partial charge in [-0.25, -0.2) is 19.8 Å². The van der Waals surface area contributed by atoms with Crippen molar-refractivity contribution in [2.24, 2.45) is 0 Å². The minimum atomic E-state index is -2.87. The number of hydrogen-bond donors (Lipinski definition) is 1. The minimum Gasteiger partial charge on any atom is -0.247 e. The molecule has 0 unspecified atom stereocenters. The Morgan fingerprint density at radius 3 is 1.41 bits per heavy atom. The second-order valence-corrected chi connectivity index (χ2v) is 17.2. The van der Waals surface area contributed by atoms with Crippen molar-refractivity contribution in [1.29, 1.82) is 0 Å².